The molecule has 4 N–H and O–H groups in total. The monoisotopic (exact) mass is 426 g/mol. The minimum Gasteiger partial charge on any atom is -0.495 e. The van der Waals surface area contributed by atoms with Gasteiger partial charge in [-0.15, -0.1) is 0 Å². The van der Waals surface area contributed by atoms with Crippen molar-refractivity contribution in [2.45, 2.75) is 13.0 Å². The molecule has 1 unspecified atom stereocenters. The lowest BCUT2D eigenvalue weighted by atomic mass is 10.0. The van der Waals surface area contributed by atoms with Crippen molar-refractivity contribution in [3.63, 3.8) is 0 Å². The normalized spacial score (nSPS) is 12.4. The number of nitrogens with zero attached hydrogens (tertiary/aromatic N) is 2. The van der Waals surface area contributed by atoms with Gasteiger partial charge in [0.15, 0.2) is 0 Å². The minimum absolute atomic E-state index is 0.0299. The van der Waals surface area contributed by atoms with Crippen LogP contribution in [0.3, 0.4) is 0 Å². The average Bonchev–Trinajstić information content (AvgIpc) is 2.65. The number of hydrazine groups is 1. The summed E-state index contributed by atoms with van der Waals surface area (Å²) in [4.78, 5) is 24.5. The van der Waals surface area contributed by atoms with Gasteiger partial charge in [-0.1, -0.05) is 23.2 Å². The zero-order valence-corrected chi connectivity index (χ0v) is 17.0. The number of methoxy groups -OCH3 is 2. The summed E-state index contributed by atoms with van der Waals surface area (Å²) in [6, 6.07) is 5.40. The second kappa shape index (κ2) is 9.01. The van der Waals surface area contributed by atoms with Crippen LogP contribution in [0.25, 0.3) is 11.1 Å². The first-order valence-electron chi connectivity index (χ1n) is 8.04. The van der Waals surface area contributed by atoms with E-state index in [-0.39, 0.29) is 5.16 Å². The zero-order valence-electron chi connectivity index (χ0n) is 15.5. The first kappa shape index (κ1) is 21.6. The third kappa shape index (κ3) is 4.59. The summed E-state index contributed by atoms with van der Waals surface area (Å²) >= 11 is 11.8. The fourth-order valence-corrected chi connectivity index (χ4v) is 2.92. The van der Waals surface area contributed by atoms with E-state index in [1.54, 1.807) is 25.1 Å². The first-order valence-corrected chi connectivity index (χ1v) is 8.79. The molecule has 1 aromatic carbocycles. The molecule has 1 atom stereocenters. The predicted molar refractivity (Wildman–Crippen MR) is 109 cm³/mol. The Hall–Kier alpha value is -2.68. The number of aromatic nitrogens is 1. The number of pyridine rings is 1. The smallest absolute Gasteiger partial charge is 0.328 e. The Labute approximate surface area is 171 Å². The van der Waals surface area contributed by atoms with Crippen molar-refractivity contribution in [1.29, 1.82) is 0 Å². The molecule has 0 bridgehead atoms. The molecule has 2 aromatic rings. The second-order valence-electron chi connectivity index (χ2n) is 5.78. The van der Waals surface area contributed by atoms with Crippen LogP contribution in [-0.2, 0) is 9.53 Å². The molecule has 28 heavy (non-hydrogen) atoms. The molecular formula is C18H20Cl2N4O4. The van der Waals surface area contributed by atoms with Crippen molar-refractivity contribution in [2.75, 3.05) is 19.2 Å². The summed E-state index contributed by atoms with van der Waals surface area (Å²) < 4.78 is 11.4. The molecule has 8 nitrogen and oxygen atoms in total. The summed E-state index contributed by atoms with van der Waals surface area (Å²) in [7, 11) is 2.69. The average molecular weight is 427 g/mol. The second-order valence-corrected chi connectivity index (χ2v) is 6.66. The van der Waals surface area contributed by atoms with Gasteiger partial charge in [-0.2, -0.15) is 0 Å². The molecular weight excluding hydrogens is 407 g/mol. The Morgan fingerprint density at radius 3 is 2.54 bits per heavy atom. The highest BCUT2D eigenvalue weighted by atomic mass is 35.5. The highest BCUT2D eigenvalue weighted by Crippen LogP contribution is 2.37. The molecule has 10 heteroatoms. The number of hydrogen-bond acceptors (Lipinski definition) is 7. The summed E-state index contributed by atoms with van der Waals surface area (Å²) in [5, 5.41) is 1.59. The van der Waals surface area contributed by atoms with E-state index in [9.17, 15) is 9.59 Å². The summed E-state index contributed by atoms with van der Waals surface area (Å²) in [5.74, 6) is 5.78. The fourth-order valence-electron chi connectivity index (χ4n) is 2.64. The Kier molecular flexibility index (Phi) is 6.95. The topological polar surface area (TPSA) is 113 Å². The van der Waals surface area contributed by atoms with Gasteiger partial charge < -0.3 is 15.2 Å². The van der Waals surface area contributed by atoms with Gasteiger partial charge >= 0.3 is 5.97 Å². The summed E-state index contributed by atoms with van der Waals surface area (Å²) in [6.45, 7) is 1.55. The number of nitrogens with two attached hydrogens (primary N) is 2. The maximum atomic E-state index is 12.7. The molecule has 0 radical (unpaired) electrons. The van der Waals surface area contributed by atoms with Gasteiger partial charge in [0.05, 0.1) is 32.3 Å². The van der Waals surface area contributed by atoms with E-state index < -0.39 is 17.6 Å². The van der Waals surface area contributed by atoms with Gasteiger partial charge in [0.1, 0.15) is 16.9 Å². The fraction of sp³-hybridized carbons (Fsp3) is 0.222. The third-order valence-electron chi connectivity index (χ3n) is 4.01. The number of hydrogen-bond donors (Lipinski definition) is 2. The van der Waals surface area contributed by atoms with Gasteiger partial charge in [0, 0.05) is 22.2 Å². The molecule has 0 aliphatic carbocycles. The molecule has 2 rings (SSSR count). The molecule has 1 heterocycles. The number of halogens is 2. The van der Waals surface area contributed by atoms with Crippen LogP contribution in [0, 0.1) is 0 Å². The summed E-state index contributed by atoms with van der Waals surface area (Å²) in [5.41, 5.74) is 6.46. The lowest BCUT2D eigenvalue weighted by Crippen LogP contribution is -2.29. The molecule has 0 aliphatic rings. The molecule has 150 valence electrons. The Morgan fingerprint density at radius 1 is 1.29 bits per heavy atom. The number of carbonyl (C=O) groups excluding carboxylic acids is 1. The van der Waals surface area contributed by atoms with Gasteiger partial charge in [-0.05, 0) is 25.1 Å². The van der Waals surface area contributed by atoms with E-state index >= 15 is 0 Å². The summed E-state index contributed by atoms with van der Waals surface area (Å²) in [6.07, 6.45) is 2.73. The highest BCUT2D eigenvalue weighted by molar-refractivity contribution is 6.31. The SMILES string of the molecule is COC(=O)C(C)n1cc(OC)c(-c2cc(Cl)ccc2N(N)/C=C(\N)Cl)cc1=O. The molecule has 0 fully saturated rings. The maximum Gasteiger partial charge on any atom is 0.328 e. The van der Waals surface area contributed by atoms with E-state index in [1.165, 1.54) is 42.3 Å². The molecule has 0 aliphatic heterocycles. The largest absolute Gasteiger partial charge is 0.495 e. The van der Waals surface area contributed by atoms with Crippen LogP contribution in [-0.4, -0.2) is 24.8 Å². The van der Waals surface area contributed by atoms with Gasteiger partial charge in [-0.3, -0.25) is 14.4 Å². The van der Waals surface area contributed by atoms with E-state index in [0.717, 1.165) is 0 Å². The number of anilines is 1. The third-order valence-corrected chi connectivity index (χ3v) is 4.35. The van der Waals surface area contributed by atoms with Gasteiger partial charge in [0.25, 0.3) is 5.56 Å². The van der Waals surface area contributed by atoms with Crippen LogP contribution in [0.4, 0.5) is 5.69 Å². The molecule has 0 amide bonds. The van der Waals surface area contributed by atoms with Crippen molar-refractivity contribution in [2.24, 2.45) is 11.6 Å². The number of rotatable bonds is 6. The Bertz CT molecular complexity index is 971. The van der Waals surface area contributed by atoms with E-state index in [1.807, 2.05) is 0 Å². The number of esters is 1. The van der Waals surface area contributed by atoms with E-state index in [4.69, 9.17) is 44.3 Å². The van der Waals surface area contributed by atoms with Crippen LogP contribution in [0.15, 0.2) is 46.6 Å². The van der Waals surface area contributed by atoms with Crippen molar-refractivity contribution in [1.82, 2.24) is 4.57 Å². The van der Waals surface area contributed by atoms with Crippen LogP contribution >= 0.6 is 23.2 Å². The van der Waals surface area contributed by atoms with Crippen molar-refractivity contribution < 1.29 is 14.3 Å². The lowest BCUT2D eigenvalue weighted by molar-refractivity contribution is -0.144. The first-order chi connectivity index (χ1) is 13.2. The molecule has 0 spiro atoms. The van der Waals surface area contributed by atoms with E-state index in [2.05, 4.69) is 0 Å². The minimum atomic E-state index is -0.829. The van der Waals surface area contributed by atoms with Gasteiger partial charge in [0.2, 0.25) is 0 Å². The Morgan fingerprint density at radius 2 is 1.96 bits per heavy atom. The Balaban J connectivity index is 2.70. The molecule has 0 saturated carbocycles. The highest BCUT2D eigenvalue weighted by Gasteiger charge is 2.21. The van der Waals surface area contributed by atoms with Gasteiger partial charge in [-0.25, -0.2) is 10.6 Å². The molecule has 0 saturated heterocycles. The number of benzene rings is 1. The van der Waals surface area contributed by atoms with Crippen LogP contribution in [0.5, 0.6) is 5.75 Å². The number of ether oxygens (including phenoxy) is 2. The van der Waals surface area contributed by atoms with Crippen LogP contribution < -0.4 is 26.9 Å². The predicted octanol–water partition coefficient (Wildman–Crippen LogP) is 2.59. The van der Waals surface area contributed by atoms with Crippen molar-refractivity contribution in [3.05, 3.63) is 57.2 Å². The standard InChI is InChI=1S/C18H20Cl2N4O4/c1-10(18(26)28-3)23-8-15(27-2)13(7-17(23)25)12-6-11(19)4-5-14(12)24(22)9-16(20)21/h4-10H,21-22H2,1-3H3/b16-9-. The lowest BCUT2D eigenvalue weighted by Gasteiger charge is -2.21. The van der Waals surface area contributed by atoms with Crippen LogP contribution in [0.2, 0.25) is 5.02 Å². The quantitative estimate of drug-likeness (QED) is 0.315. The zero-order chi connectivity index (χ0) is 21.0. The number of carbonyl (C=O) groups is 1. The maximum absolute atomic E-state index is 12.7. The van der Waals surface area contributed by atoms with E-state index in [0.29, 0.717) is 27.6 Å². The van der Waals surface area contributed by atoms with Crippen LogP contribution in [0.1, 0.15) is 13.0 Å². The molecule has 1 aromatic heterocycles. The van der Waals surface area contributed by atoms with Crippen molar-refractivity contribution in [3.8, 4) is 16.9 Å². The van der Waals surface area contributed by atoms with Crippen molar-refractivity contribution >= 4 is 34.9 Å².